The van der Waals surface area contributed by atoms with Crippen LogP contribution in [0.2, 0.25) is 0 Å². The summed E-state index contributed by atoms with van der Waals surface area (Å²) in [6.45, 7) is 1.67. The van der Waals surface area contributed by atoms with Crippen LogP contribution in [-0.4, -0.2) is 45.4 Å². The lowest BCUT2D eigenvalue weighted by atomic mass is 9.87. The fourth-order valence-electron chi connectivity index (χ4n) is 4.06. The Hall–Kier alpha value is -2.03. The van der Waals surface area contributed by atoms with Gasteiger partial charge in [0.2, 0.25) is 5.92 Å². The van der Waals surface area contributed by atoms with Crippen LogP contribution in [0.3, 0.4) is 0 Å². The molecule has 0 atom stereocenters. The molecule has 9 heteroatoms. The van der Waals surface area contributed by atoms with E-state index in [1.165, 1.54) is 11.7 Å². The molecule has 0 aromatic carbocycles. The normalized spacial score (nSPS) is 21.6. The Labute approximate surface area is 155 Å². The standard InChI is InChI=1S/C18H24F2N4O3/c1-26-17-22-24-14(10-21-15(24)13-4-8-27-9-5-13)16(25)23(17)11-12-2-6-18(19,20)7-3-12/h10,12-13H,2-9,11H2,1H3. The van der Waals surface area contributed by atoms with Crippen LogP contribution in [0, 0.1) is 5.92 Å². The van der Waals surface area contributed by atoms with E-state index >= 15 is 0 Å². The van der Waals surface area contributed by atoms with Crippen molar-refractivity contribution >= 4 is 5.52 Å². The van der Waals surface area contributed by atoms with Gasteiger partial charge in [-0.2, -0.15) is 0 Å². The highest BCUT2D eigenvalue weighted by Crippen LogP contribution is 2.37. The van der Waals surface area contributed by atoms with Crippen molar-refractivity contribution in [3.05, 3.63) is 22.4 Å². The number of hydrogen-bond acceptors (Lipinski definition) is 5. The minimum Gasteiger partial charge on any atom is -0.467 e. The van der Waals surface area contributed by atoms with Gasteiger partial charge in [0, 0.05) is 38.5 Å². The van der Waals surface area contributed by atoms with Gasteiger partial charge in [-0.15, -0.1) is 5.10 Å². The van der Waals surface area contributed by atoms with Gasteiger partial charge < -0.3 is 9.47 Å². The lowest BCUT2D eigenvalue weighted by Crippen LogP contribution is -2.32. The lowest BCUT2D eigenvalue weighted by molar-refractivity contribution is -0.0476. The molecule has 3 heterocycles. The van der Waals surface area contributed by atoms with Crippen LogP contribution in [0.15, 0.2) is 11.0 Å². The first kappa shape index (κ1) is 18.3. The molecule has 1 saturated heterocycles. The molecule has 0 radical (unpaired) electrons. The number of aromatic nitrogens is 4. The van der Waals surface area contributed by atoms with Gasteiger partial charge in [0.1, 0.15) is 5.82 Å². The third-order valence-corrected chi connectivity index (χ3v) is 5.69. The average molecular weight is 382 g/mol. The maximum absolute atomic E-state index is 13.4. The van der Waals surface area contributed by atoms with Crippen molar-refractivity contribution in [2.24, 2.45) is 5.92 Å². The number of ether oxygens (including phenoxy) is 2. The van der Waals surface area contributed by atoms with Gasteiger partial charge in [-0.1, -0.05) is 0 Å². The van der Waals surface area contributed by atoms with Crippen molar-refractivity contribution in [3.8, 4) is 6.01 Å². The highest BCUT2D eigenvalue weighted by atomic mass is 19.3. The topological polar surface area (TPSA) is 70.7 Å². The van der Waals surface area contributed by atoms with E-state index in [4.69, 9.17) is 9.47 Å². The predicted molar refractivity (Wildman–Crippen MR) is 93.5 cm³/mol. The van der Waals surface area contributed by atoms with Crippen LogP contribution in [0.25, 0.3) is 5.52 Å². The van der Waals surface area contributed by atoms with E-state index in [1.54, 1.807) is 10.7 Å². The molecule has 2 fully saturated rings. The van der Waals surface area contributed by atoms with E-state index < -0.39 is 5.92 Å². The number of methoxy groups -OCH3 is 1. The summed E-state index contributed by atoms with van der Waals surface area (Å²) < 4.78 is 40.6. The van der Waals surface area contributed by atoms with E-state index in [1.807, 2.05) is 0 Å². The molecule has 2 aromatic heterocycles. The van der Waals surface area contributed by atoms with Crippen LogP contribution >= 0.6 is 0 Å². The highest BCUT2D eigenvalue weighted by molar-refractivity contribution is 5.43. The SMILES string of the molecule is COc1nn2c(C3CCOCC3)ncc2c(=O)n1CC1CCC(F)(F)CC1. The molecule has 2 aromatic rings. The summed E-state index contributed by atoms with van der Waals surface area (Å²) in [7, 11) is 1.46. The Morgan fingerprint density at radius 2 is 1.96 bits per heavy atom. The zero-order valence-corrected chi connectivity index (χ0v) is 15.4. The molecule has 2 aliphatic rings. The Bertz CT molecular complexity index is 863. The largest absolute Gasteiger partial charge is 0.467 e. The van der Waals surface area contributed by atoms with Gasteiger partial charge in [0.25, 0.3) is 5.56 Å². The Morgan fingerprint density at radius 3 is 2.63 bits per heavy atom. The molecule has 1 aliphatic carbocycles. The van der Waals surface area contributed by atoms with Gasteiger partial charge in [-0.05, 0) is 31.6 Å². The number of rotatable bonds is 4. The maximum Gasteiger partial charge on any atom is 0.316 e. The van der Waals surface area contributed by atoms with Crippen molar-refractivity contribution < 1.29 is 18.3 Å². The Balaban J connectivity index is 1.65. The molecule has 1 saturated carbocycles. The summed E-state index contributed by atoms with van der Waals surface area (Å²) in [5.41, 5.74) is 0.142. The third kappa shape index (κ3) is 3.56. The summed E-state index contributed by atoms with van der Waals surface area (Å²) in [5, 5.41) is 4.49. The first-order chi connectivity index (χ1) is 13.0. The van der Waals surface area contributed by atoms with Gasteiger partial charge in [-0.3, -0.25) is 9.36 Å². The van der Waals surface area contributed by atoms with Crippen molar-refractivity contribution in [3.63, 3.8) is 0 Å². The first-order valence-corrected chi connectivity index (χ1v) is 9.46. The van der Waals surface area contributed by atoms with Crippen LogP contribution in [0.5, 0.6) is 6.01 Å². The summed E-state index contributed by atoms with van der Waals surface area (Å²) in [6.07, 6.45) is 3.73. The second-order valence-corrected chi connectivity index (χ2v) is 7.50. The fraction of sp³-hybridized carbons (Fsp3) is 0.722. The van der Waals surface area contributed by atoms with E-state index in [0.717, 1.165) is 18.7 Å². The van der Waals surface area contributed by atoms with Crippen molar-refractivity contribution in [2.45, 2.75) is 56.9 Å². The Kier molecular flexibility index (Phi) is 4.88. The van der Waals surface area contributed by atoms with Gasteiger partial charge >= 0.3 is 6.01 Å². The monoisotopic (exact) mass is 382 g/mol. The zero-order chi connectivity index (χ0) is 19.0. The molecule has 0 N–H and O–H groups in total. The van der Waals surface area contributed by atoms with Gasteiger partial charge in [0.05, 0.1) is 13.3 Å². The first-order valence-electron chi connectivity index (χ1n) is 9.46. The minimum atomic E-state index is -2.59. The highest BCUT2D eigenvalue weighted by Gasteiger charge is 2.35. The molecule has 1 aliphatic heterocycles. The quantitative estimate of drug-likeness (QED) is 0.813. The van der Waals surface area contributed by atoms with Crippen molar-refractivity contribution in [1.82, 2.24) is 19.2 Å². The second-order valence-electron chi connectivity index (χ2n) is 7.50. The van der Waals surface area contributed by atoms with E-state index in [0.29, 0.717) is 38.1 Å². The predicted octanol–water partition coefficient (Wildman–Crippen LogP) is 2.62. The number of halogens is 2. The molecular weight excluding hydrogens is 358 g/mol. The van der Waals surface area contributed by atoms with Crippen LogP contribution in [0.4, 0.5) is 8.78 Å². The Morgan fingerprint density at radius 1 is 1.26 bits per heavy atom. The average Bonchev–Trinajstić information content (AvgIpc) is 3.10. The lowest BCUT2D eigenvalue weighted by Gasteiger charge is -2.28. The molecular formula is C18H24F2N4O3. The minimum absolute atomic E-state index is 0.0124. The summed E-state index contributed by atoms with van der Waals surface area (Å²) in [6, 6.07) is 0.191. The number of alkyl halides is 2. The molecule has 4 rings (SSSR count). The van der Waals surface area contributed by atoms with Gasteiger partial charge in [0.15, 0.2) is 5.52 Å². The van der Waals surface area contributed by atoms with Crippen molar-refractivity contribution in [2.75, 3.05) is 20.3 Å². The summed E-state index contributed by atoms with van der Waals surface area (Å²) in [5.74, 6) is -1.64. The summed E-state index contributed by atoms with van der Waals surface area (Å²) >= 11 is 0. The smallest absolute Gasteiger partial charge is 0.316 e. The van der Waals surface area contributed by atoms with E-state index in [9.17, 15) is 13.6 Å². The fourth-order valence-corrected chi connectivity index (χ4v) is 4.06. The molecule has 0 bridgehead atoms. The number of imidazole rings is 1. The molecule has 0 unspecified atom stereocenters. The van der Waals surface area contributed by atoms with E-state index in [-0.39, 0.29) is 36.2 Å². The molecule has 7 nitrogen and oxygen atoms in total. The molecule has 0 spiro atoms. The number of nitrogens with zero attached hydrogens (tertiary/aromatic N) is 4. The van der Waals surface area contributed by atoms with Crippen LogP contribution < -0.4 is 10.3 Å². The zero-order valence-electron chi connectivity index (χ0n) is 15.4. The molecule has 27 heavy (non-hydrogen) atoms. The summed E-state index contributed by atoms with van der Waals surface area (Å²) in [4.78, 5) is 17.5. The second kappa shape index (κ2) is 7.18. The molecule has 148 valence electrons. The van der Waals surface area contributed by atoms with Crippen LogP contribution in [0.1, 0.15) is 50.3 Å². The van der Waals surface area contributed by atoms with Gasteiger partial charge in [-0.25, -0.2) is 18.3 Å². The van der Waals surface area contributed by atoms with Crippen molar-refractivity contribution in [1.29, 1.82) is 0 Å². The maximum atomic E-state index is 13.4. The third-order valence-electron chi connectivity index (χ3n) is 5.69. The molecule has 0 amide bonds. The van der Waals surface area contributed by atoms with Crippen LogP contribution in [-0.2, 0) is 11.3 Å². The number of hydrogen-bond donors (Lipinski definition) is 0. The number of fused-ring (bicyclic) bond motifs is 1. The van der Waals surface area contributed by atoms with E-state index in [2.05, 4.69) is 10.1 Å².